The smallest absolute Gasteiger partial charge is 0.346 e. The average Bonchev–Trinajstić information content (AvgIpc) is 3.09. The summed E-state index contributed by atoms with van der Waals surface area (Å²) in [5.74, 6) is -0.372. The summed E-state index contributed by atoms with van der Waals surface area (Å²) < 4.78 is 30.7. The molecule has 7 nitrogen and oxygen atoms in total. The van der Waals surface area contributed by atoms with Gasteiger partial charge in [-0.1, -0.05) is 103 Å². The second-order valence-corrected chi connectivity index (χ2v) is 12.8. The Bertz CT molecular complexity index is 1750. The molecule has 0 amide bonds. The van der Waals surface area contributed by atoms with E-state index in [-0.39, 0.29) is 42.4 Å². The van der Waals surface area contributed by atoms with Crippen LogP contribution in [0.1, 0.15) is 63.7 Å². The molecule has 0 unspecified atom stereocenters. The summed E-state index contributed by atoms with van der Waals surface area (Å²) in [6, 6.07) is 37.4. The fourth-order valence-corrected chi connectivity index (χ4v) is 5.17. The summed E-state index contributed by atoms with van der Waals surface area (Å²) in [5, 5.41) is 0. The van der Waals surface area contributed by atoms with Gasteiger partial charge in [0.1, 0.15) is 54.8 Å². The van der Waals surface area contributed by atoms with E-state index in [1.807, 2.05) is 109 Å². The number of halogens is 1. The van der Waals surface area contributed by atoms with Crippen LogP contribution >= 0.6 is 15.9 Å². The minimum absolute atomic E-state index is 0.0572. The lowest BCUT2D eigenvalue weighted by molar-refractivity contribution is 0.00677. The lowest BCUT2D eigenvalue weighted by atomic mass is 10.1. The Morgan fingerprint density at radius 1 is 0.562 bits per heavy atom. The predicted molar refractivity (Wildman–Crippen MR) is 187 cm³/mol. The Morgan fingerprint density at radius 2 is 1.02 bits per heavy atom. The van der Waals surface area contributed by atoms with Gasteiger partial charge in [-0.2, -0.15) is 0 Å². The fraction of sp³-hybridized carbons (Fsp3) is 0.200. The lowest BCUT2D eigenvalue weighted by Crippen LogP contribution is -2.24. The van der Waals surface area contributed by atoms with Crippen molar-refractivity contribution < 1.29 is 33.3 Å². The van der Waals surface area contributed by atoms with E-state index in [0.717, 1.165) is 16.7 Å². The van der Waals surface area contributed by atoms with Crippen molar-refractivity contribution in [2.24, 2.45) is 0 Å². The van der Waals surface area contributed by atoms with Crippen LogP contribution < -0.4 is 14.2 Å². The van der Waals surface area contributed by atoms with Gasteiger partial charge in [0.05, 0.1) is 10.0 Å². The van der Waals surface area contributed by atoms with E-state index >= 15 is 0 Å². The van der Waals surface area contributed by atoms with Gasteiger partial charge in [0.15, 0.2) is 0 Å². The van der Waals surface area contributed by atoms with Gasteiger partial charge >= 0.3 is 11.9 Å². The molecular weight excluding hydrogens is 672 g/mol. The molecule has 0 aromatic heterocycles. The van der Waals surface area contributed by atoms with Crippen molar-refractivity contribution in [3.63, 3.8) is 0 Å². The number of carbonyl (C=O) groups excluding carboxylic acids is 2. The number of rotatable bonds is 13. The normalized spacial score (nSPS) is 11.0. The maximum Gasteiger partial charge on any atom is 0.346 e. The summed E-state index contributed by atoms with van der Waals surface area (Å²) in [6.07, 6.45) is 0. The number of benzene rings is 5. The van der Waals surface area contributed by atoms with Crippen LogP contribution in [0.3, 0.4) is 0 Å². The summed E-state index contributed by atoms with van der Waals surface area (Å²) in [7, 11) is 0. The van der Waals surface area contributed by atoms with Crippen LogP contribution in [0.5, 0.6) is 17.2 Å². The van der Waals surface area contributed by atoms with Gasteiger partial charge in [0.25, 0.3) is 0 Å². The fourth-order valence-electron chi connectivity index (χ4n) is 4.67. The molecule has 246 valence electrons. The van der Waals surface area contributed by atoms with Crippen molar-refractivity contribution in [3.05, 3.63) is 159 Å². The van der Waals surface area contributed by atoms with Gasteiger partial charge in [-0.15, -0.1) is 0 Å². The summed E-state index contributed by atoms with van der Waals surface area (Å²) in [6.45, 7) is 5.97. The largest absolute Gasteiger partial charge is 0.488 e. The molecule has 0 spiro atoms. The highest BCUT2D eigenvalue weighted by molar-refractivity contribution is 9.10. The molecule has 0 saturated heterocycles. The highest BCUT2D eigenvalue weighted by Crippen LogP contribution is 2.35. The highest BCUT2D eigenvalue weighted by atomic mass is 79.9. The van der Waals surface area contributed by atoms with Crippen LogP contribution in [0, 0.1) is 0 Å². The monoisotopic (exact) mass is 708 g/mol. The van der Waals surface area contributed by atoms with Crippen LogP contribution in [-0.2, 0) is 35.9 Å². The molecule has 8 heteroatoms. The molecule has 0 aliphatic rings. The molecule has 0 atom stereocenters. The van der Waals surface area contributed by atoms with Crippen molar-refractivity contribution in [3.8, 4) is 17.2 Å². The first-order valence-corrected chi connectivity index (χ1v) is 16.3. The third-order valence-corrected chi connectivity index (χ3v) is 7.92. The molecule has 5 aromatic carbocycles. The summed E-state index contributed by atoms with van der Waals surface area (Å²) in [4.78, 5) is 27.2. The molecule has 0 heterocycles. The molecule has 0 aliphatic carbocycles. The zero-order valence-electron chi connectivity index (χ0n) is 27.1. The molecule has 0 aliphatic heterocycles. The van der Waals surface area contributed by atoms with Crippen LogP contribution in [0.4, 0.5) is 0 Å². The number of hydrogen-bond acceptors (Lipinski definition) is 7. The first kappa shape index (κ1) is 34.3. The van der Waals surface area contributed by atoms with Crippen LogP contribution in [0.2, 0.25) is 0 Å². The molecule has 0 N–H and O–H groups in total. The molecule has 5 aromatic rings. The van der Waals surface area contributed by atoms with E-state index in [0.29, 0.717) is 22.4 Å². The molecular formula is C40H37BrO7. The summed E-state index contributed by atoms with van der Waals surface area (Å²) in [5.41, 5.74) is 2.99. The van der Waals surface area contributed by atoms with Crippen LogP contribution in [0.25, 0.3) is 0 Å². The minimum Gasteiger partial charge on any atom is -0.488 e. The number of carbonyl (C=O) groups is 2. The zero-order chi connectivity index (χ0) is 33.9. The Hall–Kier alpha value is -5.08. The molecule has 48 heavy (non-hydrogen) atoms. The number of esters is 2. The Balaban J connectivity index is 1.45. The van der Waals surface area contributed by atoms with Gasteiger partial charge < -0.3 is 23.7 Å². The molecule has 0 radical (unpaired) electrons. The van der Waals surface area contributed by atoms with Gasteiger partial charge in [0.2, 0.25) is 0 Å². The van der Waals surface area contributed by atoms with Crippen molar-refractivity contribution in [2.75, 3.05) is 0 Å². The van der Waals surface area contributed by atoms with Crippen LogP contribution in [0.15, 0.2) is 126 Å². The topological polar surface area (TPSA) is 80.3 Å². The molecule has 0 saturated carbocycles. The maximum absolute atomic E-state index is 14.0. The Morgan fingerprint density at radius 3 is 1.48 bits per heavy atom. The second-order valence-electron chi connectivity index (χ2n) is 12.0. The first-order valence-electron chi connectivity index (χ1n) is 15.5. The zero-order valence-corrected chi connectivity index (χ0v) is 28.7. The Kier molecular flexibility index (Phi) is 11.5. The van der Waals surface area contributed by atoms with E-state index in [1.165, 1.54) is 12.1 Å². The van der Waals surface area contributed by atoms with E-state index in [2.05, 4.69) is 15.9 Å². The van der Waals surface area contributed by atoms with Gasteiger partial charge in [-0.3, -0.25) is 0 Å². The minimum atomic E-state index is -0.739. The lowest BCUT2D eigenvalue weighted by Gasteiger charge is -2.21. The van der Waals surface area contributed by atoms with Crippen molar-refractivity contribution in [2.45, 2.75) is 52.8 Å². The highest BCUT2D eigenvalue weighted by Gasteiger charge is 2.27. The predicted octanol–water partition coefficient (Wildman–Crippen LogP) is 9.50. The van der Waals surface area contributed by atoms with E-state index in [9.17, 15) is 9.59 Å². The molecule has 5 rings (SSSR count). The van der Waals surface area contributed by atoms with E-state index in [4.69, 9.17) is 23.7 Å². The standard InChI is InChI=1S/C40H37BrO7/c1-40(2,3)48-38(42)32-22-34(45-25-29-16-9-5-10-17-29)36(35(23-32)46-26-30-18-11-6-12-19-30)39(43)47-27-31-20-13-21-33(37(31)41)44-24-28-14-7-4-8-15-28/h4-23H,24-27H2,1-3H3. The van der Waals surface area contributed by atoms with Crippen LogP contribution in [-0.4, -0.2) is 17.5 Å². The Labute approximate surface area is 289 Å². The summed E-state index contributed by atoms with van der Waals surface area (Å²) >= 11 is 3.62. The van der Waals surface area contributed by atoms with Gasteiger partial charge in [-0.05, 0) is 71.6 Å². The third kappa shape index (κ3) is 9.72. The van der Waals surface area contributed by atoms with Gasteiger partial charge in [0, 0.05) is 5.56 Å². The molecule has 0 bridgehead atoms. The SMILES string of the molecule is CC(C)(C)OC(=O)c1cc(OCc2ccccc2)c(C(=O)OCc2cccc(OCc3ccccc3)c2Br)c(OCc2ccccc2)c1. The van der Waals surface area contributed by atoms with Crippen molar-refractivity contribution in [1.29, 1.82) is 0 Å². The van der Waals surface area contributed by atoms with E-state index < -0.39 is 17.5 Å². The van der Waals surface area contributed by atoms with E-state index in [1.54, 1.807) is 20.8 Å². The second kappa shape index (κ2) is 16.2. The van der Waals surface area contributed by atoms with Gasteiger partial charge in [-0.25, -0.2) is 9.59 Å². The quantitative estimate of drug-likeness (QED) is 0.113. The third-order valence-electron chi connectivity index (χ3n) is 7.02. The number of hydrogen-bond donors (Lipinski definition) is 0. The maximum atomic E-state index is 14.0. The average molecular weight is 710 g/mol. The number of ether oxygens (including phenoxy) is 5. The van der Waals surface area contributed by atoms with Crippen molar-refractivity contribution in [1.82, 2.24) is 0 Å². The molecule has 0 fully saturated rings. The first-order chi connectivity index (χ1) is 23.2. The van der Waals surface area contributed by atoms with Crippen molar-refractivity contribution >= 4 is 27.9 Å².